The Morgan fingerprint density at radius 2 is 2.03 bits per heavy atom. The molecule has 4 rings (SSSR count). The summed E-state index contributed by atoms with van der Waals surface area (Å²) in [5, 5.41) is 20.0. The molecule has 2 heterocycles. The fraction of sp³-hybridized carbons (Fsp3) is 0.238. The highest BCUT2D eigenvalue weighted by molar-refractivity contribution is 5.81. The molecule has 1 aliphatic rings. The van der Waals surface area contributed by atoms with Gasteiger partial charge in [-0.15, -0.1) is 0 Å². The van der Waals surface area contributed by atoms with Gasteiger partial charge in [0.15, 0.2) is 11.8 Å². The number of aromatic nitrogens is 4. The van der Waals surface area contributed by atoms with Gasteiger partial charge in [0.25, 0.3) is 11.8 Å². The lowest BCUT2D eigenvalue weighted by Gasteiger charge is -2.15. The number of likely N-dealkylation sites (N-methyl/N-ethyl adjacent to an activating group) is 1. The highest BCUT2D eigenvalue weighted by atomic mass is 19.4. The summed E-state index contributed by atoms with van der Waals surface area (Å²) in [5.41, 5.74) is -0.117. The van der Waals surface area contributed by atoms with Crippen LogP contribution in [0, 0.1) is 0 Å². The van der Waals surface area contributed by atoms with Gasteiger partial charge in [0, 0.05) is 18.3 Å². The largest absolute Gasteiger partial charge is 0.434 e. The van der Waals surface area contributed by atoms with E-state index in [1.807, 2.05) is 6.08 Å². The van der Waals surface area contributed by atoms with E-state index in [2.05, 4.69) is 20.6 Å². The lowest BCUT2D eigenvalue weighted by atomic mass is 10.1. The molecule has 0 fully saturated rings. The van der Waals surface area contributed by atoms with Gasteiger partial charge >= 0.3 is 6.18 Å². The summed E-state index contributed by atoms with van der Waals surface area (Å²) in [6, 6.07) is 6.05. The predicted octanol–water partition coefficient (Wildman–Crippen LogP) is 3.59. The fourth-order valence-corrected chi connectivity index (χ4v) is 3.31. The molecule has 32 heavy (non-hydrogen) atoms. The number of hydrogen-bond donors (Lipinski definition) is 2. The van der Waals surface area contributed by atoms with E-state index in [0.29, 0.717) is 29.7 Å². The summed E-state index contributed by atoms with van der Waals surface area (Å²) in [7, 11) is 1.40. The number of amides is 1. The van der Waals surface area contributed by atoms with Crippen molar-refractivity contribution in [1.29, 1.82) is 0 Å². The van der Waals surface area contributed by atoms with Crippen LogP contribution in [0.2, 0.25) is 0 Å². The minimum atomic E-state index is -4.69. The Hall–Kier alpha value is -3.73. The molecule has 8 nitrogen and oxygen atoms in total. The number of alkyl halides is 3. The molecule has 11 heteroatoms. The molecule has 2 aromatic heterocycles. The molecule has 1 atom stereocenters. The number of allylic oxidation sites excluding steroid dienone is 4. The zero-order valence-electron chi connectivity index (χ0n) is 16.8. The van der Waals surface area contributed by atoms with Crippen molar-refractivity contribution in [3.63, 3.8) is 0 Å². The third-order valence-corrected chi connectivity index (χ3v) is 4.94. The number of rotatable bonds is 5. The highest BCUT2D eigenvalue weighted by Crippen LogP contribution is 2.39. The molecule has 0 saturated heterocycles. The molecule has 1 amide bonds. The maximum atomic E-state index is 13.9. The maximum Gasteiger partial charge on any atom is 0.434 e. The number of carbonyl (C=O) groups is 1. The molecule has 2 N–H and O–H groups in total. The number of aliphatic hydroxyl groups is 1. The second kappa shape index (κ2) is 8.42. The van der Waals surface area contributed by atoms with Crippen LogP contribution in [-0.4, -0.2) is 38.0 Å². The van der Waals surface area contributed by atoms with E-state index >= 15 is 0 Å². The average molecular weight is 445 g/mol. The lowest BCUT2D eigenvalue weighted by molar-refractivity contribution is -0.142. The average Bonchev–Trinajstić information content (AvgIpc) is 3.46. The third-order valence-electron chi connectivity index (χ3n) is 4.94. The number of aliphatic hydroxyl groups excluding tert-OH is 1. The van der Waals surface area contributed by atoms with Crippen molar-refractivity contribution in [2.45, 2.75) is 25.1 Å². The Bertz CT molecular complexity index is 1190. The van der Waals surface area contributed by atoms with Crippen molar-refractivity contribution in [2.75, 3.05) is 7.05 Å². The Kier molecular flexibility index (Phi) is 5.66. The molecular weight excluding hydrogens is 427 g/mol. The summed E-state index contributed by atoms with van der Waals surface area (Å²) in [6.45, 7) is 0. The molecule has 1 unspecified atom stereocenters. The molecule has 166 valence electrons. The van der Waals surface area contributed by atoms with Crippen LogP contribution in [0.5, 0.6) is 0 Å². The Morgan fingerprint density at radius 3 is 2.66 bits per heavy atom. The first-order chi connectivity index (χ1) is 15.3. The summed E-state index contributed by atoms with van der Waals surface area (Å²) in [6.07, 6.45) is 1.20. The molecular formula is C21H18F3N5O3. The molecule has 0 radical (unpaired) electrons. The van der Waals surface area contributed by atoms with Crippen molar-refractivity contribution >= 4 is 11.6 Å². The van der Waals surface area contributed by atoms with Gasteiger partial charge in [0.05, 0.1) is 11.8 Å². The lowest BCUT2D eigenvalue weighted by Crippen LogP contribution is -2.25. The zero-order chi connectivity index (χ0) is 22.9. The predicted molar refractivity (Wildman–Crippen MR) is 108 cm³/mol. The van der Waals surface area contributed by atoms with Crippen LogP contribution in [0.1, 0.15) is 30.2 Å². The zero-order valence-corrected chi connectivity index (χ0v) is 16.8. The molecule has 0 aliphatic heterocycles. The van der Waals surface area contributed by atoms with Crippen molar-refractivity contribution in [3.05, 3.63) is 59.9 Å². The first kappa shape index (κ1) is 21.5. The van der Waals surface area contributed by atoms with Gasteiger partial charge in [-0.1, -0.05) is 41.6 Å². The highest BCUT2D eigenvalue weighted by Gasteiger charge is 2.41. The fourth-order valence-electron chi connectivity index (χ4n) is 3.31. The third kappa shape index (κ3) is 4.06. The van der Waals surface area contributed by atoms with E-state index in [-0.39, 0.29) is 17.3 Å². The second-order valence-electron chi connectivity index (χ2n) is 7.00. The van der Waals surface area contributed by atoms with Gasteiger partial charge in [-0.25, -0.2) is 4.68 Å². The van der Waals surface area contributed by atoms with Crippen molar-refractivity contribution < 1.29 is 27.6 Å². The van der Waals surface area contributed by atoms with E-state index in [1.165, 1.54) is 31.3 Å². The molecule has 0 spiro atoms. The van der Waals surface area contributed by atoms with Crippen LogP contribution in [0.15, 0.2) is 53.2 Å². The first-order valence-electron chi connectivity index (χ1n) is 9.65. The van der Waals surface area contributed by atoms with Crippen molar-refractivity contribution in [1.82, 2.24) is 25.2 Å². The topological polar surface area (TPSA) is 106 Å². The van der Waals surface area contributed by atoms with E-state index < -0.39 is 23.9 Å². The summed E-state index contributed by atoms with van der Waals surface area (Å²) in [5.74, 6) is -0.832. The van der Waals surface area contributed by atoms with Gasteiger partial charge in [-0.05, 0) is 24.5 Å². The standard InChI is InChI=1S/C21H18F3N5O3/c1-25-19(31)16(30)12-7-9-13(10-8-12)18-27-20(32-28-18)15-11-26-29(17(15)21(22,23)24)14-5-3-2-4-6-14/h2-3,5,7-11,16,30H,4,6H2,1H3,(H,25,31). The Morgan fingerprint density at radius 1 is 1.28 bits per heavy atom. The van der Waals surface area contributed by atoms with Crippen LogP contribution in [0.3, 0.4) is 0 Å². The van der Waals surface area contributed by atoms with Gasteiger partial charge in [0.2, 0.25) is 5.82 Å². The molecule has 0 bridgehead atoms. The van der Waals surface area contributed by atoms with Crippen molar-refractivity contribution in [2.24, 2.45) is 0 Å². The van der Waals surface area contributed by atoms with E-state index in [0.717, 1.165) is 10.9 Å². The van der Waals surface area contributed by atoms with Gasteiger partial charge < -0.3 is 14.9 Å². The number of benzene rings is 1. The maximum absolute atomic E-state index is 13.9. The quantitative estimate of drug-likeness (QED) is 0.622. The summed E-state index contributed by atoms with van der Waals surface area (Å²) < 4.78 is 47.6. The van der Waals surface area contributed by atoms with E-state index in [4.69, 9.17) is 4.52 Å². The SMILES string of the molecule is CNC(=O)C(O)c1ccc(-c2noc(-c3cnn(C4=CC=CCC4)c3C(F)(F)F)n2)cc1. The molecule has 1 aliphatic carbocycles. The normalized spacial score (nSPS) is 14.8. The molecule has 3 aromatic rings. The number of halogens is 3. The first-order valence-corrected chi connectivity index (χ1v) is 9.65. The van der Waals surface area contributed by atoms with Gasteiger partial charge in [-0.2, -0.15) is 23.3 Å². The van der Waals surface area contributed by atoms with E-state index in [9.17, 15) is 23.1 Å². The van der Waals surface area contributed by atoms with Gasteiger partial charge in [-0.3, -0.25) is 4.79 Å². The monoisotopic (exact) mass is 445 g/mol. The van der Waals surface area contributed by atoms with Crippen LogP contribution < -0.4 is 5.32 Å². The Balaban J connectivity index is 1.67. The van der Waals surface area contributed by atoms with E-state index in [1.54, 1.807) is 12.2 Å². The number of nitrogens with zero attached hydrogens (tertiary/aromatic N) is 4. The van der Waals surface area contributed by atoms with Gasteiger partial charge in [0.1, 0.15) is 0 Å². The molecule has 1 aromatic carbocycles. The molecule has 0 saturated carbocycles. The smallest absolute Gasteiger partial charge is 0.378 e. The summed E-state index contributed by atoms with van der Waals surface area (Å²) >= 11 is 0. The second-order valence-corrected chi connectivity index (χ2v) is 7.00. The van der Waals surface area contributed by atoms with Crippen LogP contribution >= 0.6 is 0 Å². The minimum Gasteiger partial charge on any atom is -0.378 e. The van der Waals surface area contributed by atoms with Crippen LogP contribution in [-0.2, 0) is 11.0 Å². The van der Waals surface area contributed by atoms with Crippen LogP contribution in [0.25, 0.3) is 28.5 Å². The number of hydrogen-bond acceptors (Lipinski definition) is 6. The minimum absolute atomic E-state index is 0.0571. The van der Waals surface area contributed by atoms with Crippen LogP contribution in [0.4, 0.5) is 13.2 Å². The van der Waals surface area contributed by atoms with Crippen molar-refractivity contribution in [3.8, 4) is 22.8 Å². The Labute approximate surface area is 180 Å². The number of carbonyl (C=O) groups excluding carboxylic acids is 1. The number of nitrogens with one attached hydrogen (secondary N) is 1. The summed E-state index contributed by atoms with van der Waals surface area (Å²) in [4.78, 5) is 15.7.